The number of amides is 1. The lowest BCUT2D eigenvalue weighted by molar-refractivity contribution is -0.141. The summed E-state index contributed by atoms with van der Waals surface area (Å²) < 4.78 is 5.81. The Kier molecular flexibility index (Phi) is 4.45. The van der Waals surface area contributed by atoms with Gasteiger partial charge in [0.1, 0.15) is 0 Å². The lowest BCUT2D eigenvalue weighted by Crippen LogP contribution is -2.51. The fourth-order valence-corrected chi connectivity index (χ4v) is 3.52. The van der Waals surface area contributed by atoms with E-state index in [1.54, 1.807) is 0 Å². The molecule has 2 saturated heterocycles. The molecule has 116 valence electrons. The molecule has 3 atom stereocenters. The first kappa shape index (κ1) is 15.8. The first-order chi connectivity index (χ1) is 9.33. The molecule has 4 heteroatoms. The van der Waals surface area contributed by atoms with Crippen LogP contribution in [0.5, 0.6) is 0 Å². The van der Waals surface area contributed by atoms with E-state index in [9.17, 15) is 4.79 Å². The van der Waals surface area contributed by atoms with E-state index in [1.165, 1.54) is 0 Å². The molecular formula is C16H30N2O2. The molecule has 20 heavy (non-hydrogen) atoms. The molecule has 0 spiro atoms. The van der Waals surface area contributed by atoms with Crippen LogP contribution in [0.2, 0.25) is 0 Å². The second kappa shape index (κ2) is 5.64. The molecule has 2 aliphatic rings. The second-order valence-electron chi connectivity index (χ2n) is 7.10. The van der Waals surface area contributed by atoms with Gasteiger partial charge in [-0.3, -0.25) is 10.1 Å². The third kappa shape index (κ3) is 2.86. The van der Waals surface area contributed by atoms with Crippen molar-refractivity contribution in [1.82, 2.24) is 10.2 Å². The smallest absolute Gasteiger partial charge is 0.244 e. The van der Waals surface area contributed by atoms with Gasteiger partial charge in [-0.1, -0.05) is 20.3 Å². The summed E-state index contributed by atoms with van der Waals surface area (Å²) >= 11 is 0. The van der Waals surface area contributed by atoms with Crippen LogP contribution in [0.4, 0.5) is 0 Å². The molecule has 0 aromatic rings. The third-order valence-corrected chi connectivity index (χ3v) is 4.86. The van der Waals surface area contributed by atoms with E-state index >= 15 is 0 Å². The molecule has 0 aliphatic carbocycles. The summed E-state index contributed by atoms with van der Waals surface area (Å²) in [5, 5.41) is 3.58. The van der Waals surface area contributed by atoms with Gasteiger partial charge in [0.25, 0.3) is 0 Å². The first-order valence-electron chi connectivity index (χ1n) is 8.07. The molecule has 3 unspecified atom stereocenters. The van der Waals surface area contributed by atoms with Gasteiger partial charge in [0.05, 0.1) is 17.3 Å². The van der Waals surface area contributed by atoms with Crippen LogP contribution in [-0.4, -0.2) is 40.8 Å². The highest BCUT2D eigenvalue weighted by Crippen LogP contribution is 2.34. The minimum Gasteiger partial charge on any atom is -0.375 e. The second-order valence-corrected chi connectivity index (χ2v) is 7.10. The Balaban J connectivity index is 2.20. The molecule has 2 fully saturated rings. The maximum absolute atomic E-state index is 12.9. The molecule has 2 aliphatic heterocycles. The van der Waals surface area contributed by atoms with Crippen molar-refractivity contribution < 1.29 is 9.53 Å². The summed E-state index contributed by atoms with van der Waals surface area (Å²) in [5.74, 6) is 0.279. The SMILES string of the molecule is CCCC1NC(C)(CC)C(=O)N1C1CCOC(C)(C)C1. The number of rotatable bonds is 4. The van der Waals surface area contributed by atoms with Crippen LogP contribution in [0.15, 0.2) is 0 Å². The third-order valence-electron chi connectivity index (χ3n) is 4.86. The van der Waals surface area contributed by atoms with Crippen LogP contribution >= 0.6 is 0 Å². The zero-order valence-electron chi connectivity index (χ0n) is 13.7. The van der Waals surface area contributed by atoms with Crippen LogP contribution in [0, 0.1) is 0 Å². The largest absolute Gasteiger partial charge is 0.375 e. The zero-order chi connectivity index (χ0) is 15.0. The predicted molar refractivity (Wildman–Crippen MR) is 80.4 cm³/mol. The van der Waals surface area contributed by atoms with E-state index in [4.69, 9.17) is 4.74 Å². The van der Waals surface area contributed by atoms with Gasteiger partial charge in [-0.2, -0.15) is 0 Å². The van der Waals surface area contributed by atoms with Crippen LogP contribution in [-0.2, 0) is 9.53 Å². The maximum Gasteiger partial charge on any atom is 0.244 e. The van der Waals surface area contributed by atoms with Crippen molar-refractivity contribution in [3.8, 4) is 0 Å². The van der Waals surface area contributed by atoms with Gasteiger partial charge in [0, 0.05) is 12.6 Å². The van der Waals surface area contributed by atoms with Crippen LogP contribution in [0.3, 0.4) is 0 Å². The summed E-state index contributed by atoms with van der Waals surface area (Å²) in [6.45, 7) is 11.3. The van der Waals surface area contributed by atoms with Gasteiger partial charge >= 0.3 is 0 Å². The summed E-state index contributed by atoms with van der Waals surface area (Å²) in [6, 6.07) is 0.309. The van der Waals surface area contributed by atoms with E-state index < -0.39 is 0 Å². The molecule has 0 saturated carbocycles. The van der Waals surface area contributed by atoms with Crippen molar-refractivity contribution >= 4 is 5.91 Å². The fourth-order valence-electron chi connectivity index (χ4n) is 3.52. The molecule has 4 nitrogen and oxygen atoms in total. The minimum absolute atomic E-state index is 0.120. The van der Waals surface area contributed by atoms with Crippen LogP contribution in [0.25, 0.3) is 0 Å². The van der Waals surface area contributed by atoms with E-state index in [0.717, 1.165) is 38.7 Å². The Morgan fingerprint density at radius 2 is 2.05 bits per heavy atom. The van der Waals surface area contributed by atoms with E-state index in [2.05, 4.69) is 37.9 Å². The summed E-state index contributed by atoms with van der Waals surface area (Å²) in [5.41, 5.74) is -0.506. The normalized spacial score (nSPS) is 37.5. The Bertz CT molecular complexity index is 369. The van der Waals surface area contributed by atoms with E-state index in [0.29, 0.717) is 6.04 Å². The molecular weight excluding hydrogens is 252 g/mol. The van der Waals surface area contributed by atoms with Gasteiger partial charge in [-0.05, 0) is 46.5 Å². The highest BCUT2D eigenvalue weighted by Gasteiger charge is 2.50. The number of carbonyl (C=O) groups is 1. The number of ether oxygens (including phenoxy) is 1. The predicted octanol–water partition coefficient (Wildman–Crippen LogP) is 2.67. The quantitative estimate of drug-likeness (QED) is 0.862. The number of hydrogen-bond donors (Lipinski definition) is 1. The van der Waals surface area contributed by atoms with Crippen LogP contribution in [0.1, 0.15) is 66.7 Å². The van der Waals surface area contributed by atoms with Crippen molar-refractivity contribution in [3.05, 3.63) is 0 Å². The average Bonchev–Trinajstić information content (AvgIpc) is 2.61. The fraction of sp³-hybridized carbons (Fsp3) is 0.938. The average molecular weight is 282 g/mol. The van der Waals surface area contributed by atoms with E-state index in [1.807, 2.05) is 6.92 Å². The Labute approximate surface area is 123 Å². The first-order valence-corrected chi connectivity index (χ1v) is 8.07. The van der Waals surface area contributed by atoms with Gasteiger partial charge in [-0.25, -0.2) is 0 Å². The molecule has 1 amide bonds. The number of nitrogens with one attached hydrogen (secondary N) is 1. The molecule has 2 heterocycles. The maximum atomic E-state index is 12.9. The minimum atomic E-state index is -0.387. The molecule has 0 aromatic carbocycles. The molecule has 2 rings (SSSR count). The van der Waals surface area contributed by atoms with Crippen molar-refractivity contribution in [2.24, 2.45) is 0 Å². The van der Waals surface area contributed by atoms with Crippen LogP contribution < -0.4 is 5.32 Å². The molecule has 1 N–H and O–H groups in total. The van der Waals surface area contributed by atoms with E-state index in [-0.39, 0.29) is 23.2 Å². The lowest BCUT2D eigenvalue weighted by atomic mass is 9.91. The lowest BCUT2D eigenvalue weighted by Gasteiger charge is -2.41. The van der Waals surface area contributed by atoms with Gasteiger partial charge in [0.2, 0.25) is 5.91 Å². The molecule has 0 radical (unpaired) electrons. The van der Waals surface area contributed by atoms with Gasteiger partial charge in [0.15, 0.2) is 0 Å². The monoisotopic (exact) mass is 282 g/mol. The zero-order valence-corrected chi connectivity index (χ0v) is 13.7. The summed E-state index contributed by atoms with van der Waals surface area (Å²) in [7, 11) is 0. The van der Waals surface area contributed by atoms with Gasteiger partial charge in [-0.15, -0.1) is 0 Å². The Hall–Kier alpha value is -0.610. The highest BCUT2D eigenvalue weighted by atomic mass is 16.5. The standard InChI is InChI=1S/C16H30N2O2/c1-6-8-13-17-16(5,7-2)14(19)18(13)12-9-10-20-15(3,4)11-12/h12-13,17H,6-11H2,1-5H3. The van der Waals surface area contributed by atoms with Crippen molar-refractivity contribution in [2.75, 3.05) is 6.61 Å². The van der Waals surface area contributed by atoms with Gasteiger partial charge < -0.3 is 9.64 Å². The molecule has 0 aromatic heterocycles. The highest BCUT2D eigenvalue weighted by molar-refractivity contribution is 5.88. The summed E-state index contributed by atoms with van der Waals surface area (Å²) in [4.78, 5) is 15.0. The van der Waals surface area contributed by atoms with Crippen molar-refractivity contribution in [1.29, 1.82) is 0 Å². The Morgan fingerprint density at radius 1 is 1.35 bits per heavy atom. The Morgan fingerprint density at radius 3 is 2.60 bits per heavy atom. The number of nitrogens with zero attached hydrogens (tertiary/aromatic N) is 1. The number of carbonyl (C=O) groups excluding carboxylic acids is 1. The summed E-state index contributed by atoms with van der Waals surface area (Å²) in [6.07, 6.45) is 5.04. The van der Waals surface area contributed by atoms with Crippen molar-refractivity contribution in [3.63, 3.8) is 0 Å². The number of hydrogen-bond acceptors (Lipinski definition) is 3. The topological polar surface area (TPSA) is 41.6 Å². The molecule has 0 bridgehead atoms. The van der Waals surface area contributed by atoms with Crippen molar-refractivity contribution in [2.45, 2.75) is 90.1 Å².